The second-order valence-corrected chi connectivity index (χ2v) is 7.88. The van der Waals surface area contributed by atoms with Crippen molar-refractivity contribution in [1.82, 2.24) is 4.90 Å². The molecule has 0 bridgehead atoms. The average molecular weight is 395 g/mol. The molecule has 0 aromatic heterocycles. The maximum atomic E-state index is 5.96. The van der Waals surface area contributed by atoms with E-state index in [1.165, 1.54) is 24.0 Å². The molecule has 5 heteroatoms. The van der Waals surface area contributed by atoms with Crippen molar-refractivity contribution in [2.24, 2.45) is 16.6 Å². The average Bonchev–Trinajstić information content (AvgIpc) is 2.74. The zero-order valence-corrected chi connectivity index (χ0v) is 17.7. The summed E-state index contributed by atoms with van der Waals surface area (Å²) in [5.74, 6) is 2.62. The van der Waals surface area contributed by atoms with Crippen LogP contribution in [0.25, 0.3) is 0 Å². The predicted octanol–water partition coefficient (Wildman–Crippen LogP) is 4.42. The number of anilines is 1. The van der Waals surface area contributed by atoms with Crippen molar-refractivity contribution in [2.45, 2.75) is 39.7 Å². The Labute approximate surface area is 175 Å². The van der Waals surface area contributed by atoms with Crippen LogP contribution in [0.2, 0.25) is 0 Å². The molecule has 1 saturated heterocycles. The van der Waals surface area contributed by atoms with Crippen molar-refractivity contribution in [2.75, 3.05) is 31.5 Å². The van der Waals surface area contributed by atoms with Crippen LogP contribution in [0.3, 0.4) is 0 Å². The maximum Gasteiger partial charge on any atom is 0.198 e. The van der Waals surface area contributed by atoms with E-state index in [-0.39, 0.29) is 0 Å². The Morgan fingerprint density at radius 2 is 1.86 bits per heavy atom. The number of nitrogens with zero attached hydrogens (tertiary/aromatic N) is 2. The Morgan fingerprint density at radius 3 is 2.55 bits per heavy atom. The highest BCUT2D eigenvalue weighted by Crippen LogP contribution is 2.20. The van der Waals surface area contributed by atoms with Crippen molar-refractivity contribution in [3.05, 3.63) is 59.7 Å². The molecule has 3 rings (SSSR count). The summed E-state index contributed by atoms with van der Waals surface area (Å²) in [4.78, 5) is 7.15. The minimum atomic E-state index is 0.581. The number of nitrogens with one attached hydrogen (secondary N) is 1. The molecule has 0 unspecified atom stereocenters. The molecule has 1 heterocycles. The van der Waals surface area contributed by atoms with Crippen LogP contribution in [0.1, 0.15) is 37.3 Å². The Kier molecular flexibility index (Phi) is 7.94. The fourth-order valence-corrected chi connectivity index (χ4v) is 3.41. The molecule has 2 aromatic rings. The lowest BCUT2D eigenvalue weighted by atomic mass is 9.99. The number of piperidine rings is 1. The van der Waals surface area contributed by atoms with E-state index in [0.29, 0.717) is 13.2 Å². The molecule has 0 aliphatic carbocycles. The minimum Gasteiger partial charge on any atom is -0.489 e. The molecule has 0 saturated carbocycles. The summed E-state index contributed by atoms with van der Waals surface area (Å²) in [5.41, 5.74) is 9.13. The molecule has 3 N–H and O–H groups in total. The number of guanidine groups is 1. The second kappa shape index (κ2) is 10.9. The third kappa shape index (κ3) is 6.50. The number of rotatable bonds is 7. The largest absolute Gasteiger partial charge is 0.489 e. The Morgan fingerprint density at radius 1 is 1.14 bits per heavy atom. The Balaban J connectivity index is 1.60. The maximum absolute atomic E-state index is 5.96. The van der Waals surface area contributed by atoms with Crippen molar-refractivity contribution in [3.63, 3.8) is 0 Å². The van der Waals surface area contributed by atoms with Crippen molar-refractivity contribution >= 4 is 11.6 Å². The van der Waals surface area contributed by atoms with Crippen LogP contribution >= 0.6 is 0 Å². The highest BCUT2D eigenvalue weighted by atomic mass is 16.5. The van der Waals surface area contributed by atoms with Gasteiger partial charge in [0.25, 0.3) is 0 Å². The molecule has 2 aromatic carbocycles. The van der Waals surface area contributed by atoms with Crippen LogP contribution in [0.15, 0.2) is 53.5 Å². The van der Waals surface area contributed by atoms with Gasteiger partial charge in [-0.15, -0.1) is 0 Å². The monoisotopic (exact) mass is 394 g/mol. The SMILES string of the molecule is Cc1ccccc1COc1ccc(NC(=NCCCN)N2CCC(C)CC2)cc1. The number of aliphatic imine (C=N–C) groups is 1. The van der Waals surface area contributed by atoms with E-state index in [0.717, 1.165) is 49.4 Å². The van der Waals surface area contributed by atoms with Crippen LogP contribution < -0.4 is 15.8 Å². The van der Waals surface area contributed by atoms with Gasteiger partial charge in [-0.1, -0.05) is 31.2 Å². The van der Waals surface area contributed by atoms with Gasteiger partial charge >= 0.3 is 0 Å². The number of hydrogen-bond donors (Lipinski definition) is 2. The fraction of sp³-hybridized carbons (Fsp3) is 0.458. The summed E-state index contributed by atoms with van der Waals surface area (Å²) >= 11 is 0. The van der Waals surface area contributed by atoms with Crippen LogP contribution in [0, 0.1) is 12.8 Å². The first-order valence-corrected chi connectivity index (χ1v) is 10.7. The summed E-state index contributed by atoms with van der Waals surface area (Å²) in [6.07, 6.45) is 3.33. The lowest BCUT2D eigenvalue weighted by molar-refractivity contribution is 0.279. The molecule has 29 heavy (non-hydrogen) atoms. The molecule has 5 nitrogen and oxygen atoms in total. The number of ether oxygens (including phenoxy) is 1. The quantitative estimate of drug-likeness (QED) is 0.414. The lowest BCUT2D eigenvalue weighted by Gasteiger charge is -2.33. The second-order valence-electron chi connectivity index (χ2n) is 7.88. The van der Waals surface area contributed by atoms with E-state index in [1.54, 1.807) is 0 Å². The number of aryl methyl sites for hydroxylation is 1. The van der Waals surface area contributed by atoms with Gasteiger partial charge in [0.1, 0.15) is 12.4 Å². The third-order valence-corrected chi connectivity index (χ3v) is 5.47. The van der Waals surface area contributed by atoms with Gasteiger partial charge in [0, 0.05) is 25.3 Å². The Bertz CT molecular complexity index is 780. The summed E-state index contributed by atoms with van der Waals surface area (Å²) in [5, 5.41) is 3.51. The van der Waals surface area contributed by atoms with Crippen LogP contribution in [-0.2, 0) is 6.61 Å². The third-order valence-electron chi connectivity index (χ3n) is 5.47. The highest BCUT2D eigenvalue weighted by Gasteiger charge is 2.19. The first-order chi connectivity index (χ1) is 14.2. The van der Waals surface area contributed by atoms with Crippen LogP contribution in [0.5, 0.6) is 5.75 Å². The van der Waals surface area contributed by atoms with Gasteiger partial charge in [0.05, 0.1) is 0 Å². The van der Waals surface area contributed by atoms with Gasteiger partial charge in [0.15, 0.2) is 5.96 Å². The zero-order valence-electron chi connectivity index (χ0n) is 17.7. The van der Waals surface area contributed by atoms with Gasteiger partial charge in [-0.2, -0.15) is 0 Å². The number of likely N-dealkylation sites (tertiary alicyclic amines) is 1. The van der Waals surface area contributed by atoms with Crippen molar-refractivity contribution < 1.29 is 4.74 Å². The predicted molar refractivity (Wildman–Crippen MR) is 122 cm³/mol. The van der Waals surface area contributed by atoms with E-state index in [9.17, 15) is 0 Å². The molecule has 156 valence electrons. The molecule has 1 aliphatic rings. The Hall–Kier alpha value is -2.53. The minimum absolute atomic E-state index is 0.581. The molecule has 0 radical (unpaired) electrons. The smallest absolute Gasteiger partial charge is 0.198 e. The molecule has 0 spiro atoms. The van der Waals surface area contributed by atoms with Crippen LogP contribution in [-0.4, -0.2) is 37.0 Å². The summed E-state index contributed by atoms with van der Waals surface area (Å²) in [6.45, 7) is 8.53. The van der Waals surface area contributed by atoms with E-state index >= 15 is 0 Å². The summed E-state index contributed by atoms with van der Waals surface area (Å²) in [6, 6.07) is 16.4. The fourth-order valence-electron chi connectivity index (χ4n) is 3.41. The molecule has 1 aliphatic heterocycles. The molecule has 0 atom stereocenters. The first kappa shape index (κ1) is 21.2. The van der Waals surface area contributed by atoms with Gasteiger partial charge in [-0.3, -0.25) is 4.99 Å². The molecule has 1 fully saturated rings. The van der Waals surface area contributed by atoms with Crippen LogP contribution in [0.4, 0.5) is 5.69 Å². The summed E-state index contributed by atoms with van der Waals surface area (Å²) < 4.78 is 5.96. The van der Waals surface area contributed by atoms with Crippen molar-refractivity contribution in [1.29, 1.82) is 0 Å². The molecular formula is C24H34N4O. The molecule has 0 amide bonds. The van der Waals surface area contributed by atoms with Gasteiger partial charge in [0.2, 0.25) is 0 Å². The first-order valence-electron chi connectivity index (χ1n) is 10.7. The topological polar surface area (TPSA) is 62.9 Å². The highest BCUT2D eigenvalue weighted by molar-refractivity contribution is 5.93. The lowest BCUT2D eigenvalue weighted by Crippen LogP contribution is -2.42. The van der Waals surface area contributed by atoms with E-state index in [4.69, 9.17) is 15.5 Å². The van der Waals surface area contributed by atoms with E-state index in [1.807, 2.05) is 18.2 Å². The summed E-state index contributed by atoms with van der Waals surface area (Å²) in [7, 11) is 0. The van der Waals surface area contributed by atoms with E-state index < -0.39 is 0 Å². The van der Waals surface area contributed by atoms with Gasteiger partial charge in [-0.05, 0) is 74.0 Å². The van der Waals surface area contributed by atoms with E-state index in [2.05, 4.69) is 54.4 Å². The van der Waals surface area contributed by atoms with Crippen molar-refractivity contribution in [3.8, 4) is 5.75 Å². The van der Waals surface area contributed by atoms with Gasteiger partial charge in [-0.25, -0.2) is 0 Å². The van der Waals surface area contributed by atoms with Gasteiger partial charge < -0.3 is 20.7 Å². The number of benzene rings is 2. The number of hydrogen-bond acceptors (Lipinski definition) is 3. The normalized spacial score (nSPS) is 15.4. The zero-order chi connectivity index (χ0) is 20.5. The molecular weight excluding hydrogens is 360 g/mol. The number of nitrogens with two attached hydrogens (primary N) is 1. The standard InChI is InChI=1S/C24H34N4O/c1-19-12-16-28(17-13-19)24(26-15-5-14-25)27-22-8-10-23(11-9-22)29-18-21-7-4-3-6-20(21)2/h3-4,6-11,19H,5,12-18,25H2,1-2H3,(H,26,27).